The molecule has 0 fully saturated rings. The first-order valence-corrected chi connectivity index (χ1v) is 14.6. The third-order valence-corrected chi connectivity index (χ3v) is 7.60. The number of ether oxygens (including phenoxy) is 2. The Morgan fingerprint density at radius 3 is 2.09 bits per heavy atom. The number of carbonyl (C=O) groups is 2. The summed E-state index contributed by atoms with van der Waals surface area (Å²) >= 11 is 6.81. The Bertz CT molecular complexity index is 1760. The molecule has 2 N–H and O–H groups in total. The van der Waals surface area contributed by atoms with Gasteiger partial charge in [0.15, 0.2) is 5.60 Å². The van der Waals surface area contributed by atoms with Crippen molar-refractivity contribution < 1.29 is 19.1 Å². The van der Waals surface area contributed by atoms with Gasteiger partial charge < -0.3 is 15.2 Å². The Hall–Kier alpha value is -4.39. The molecular weight excluding hydrogens is 560 g/mol. The van der Waals surface area contributed by atoms with Crippen molar-refractivity contribution in [2.24, 2.45) is 5.73 Å². The number of esters is 1. The lowest BCUT2D eigenvalue weighted by Crippen LogP contribution is -2.43. The molecule has 6 nitrogen and oxygen atoms in total. The van der Waals surface area contributed by atoms with Gasteiger partial charge in [-0.05, 0) is 45.4 Å². The maximum atomic E-state index is 14.0. The maximum absolute atomic E-state index is 14.0. The predicted molar refractivity (Wildman–Crippen MR) is 170 cm³/mol. The lowest BCUT2D eigenvalue weighted by molar-refractivity contribution is -0.155. The quantitative estimate of drug-likeness (QED) is 0.154. The number of rotatable bonds is 7. The van der Waals surface area contributed by atoms with E-state index < -0.39 is 29.3 Å². The van der Waals surface area contributed by atoms with Gasteiger partial charge in [-0.2, -0.15) is 0 Å². The first kappa shape index (κ1) is 30.1. The summed E-state index contributed by atoms with van der Waals surface area (Å²) in [6.07, 6.45) is 1.31. The van der Waals surface area contributed by atoms with Crippen molar-refractivity contribution >= 4 is 34.6 Å². The fraction of sp³-hybridized carbons (Fsp3) is 0.222. The van der Waals surface area contributed by atoms with E-state index in [4.69, 9.17) is 26.8 Å². The Morgan fingerprint density at radius 2 is 1.42 bits per heavy atom. The van der Waals surface area contributed by atoms with Crippen LogP contribution >= 0.6 is 11.6 Å². The normalized spacial score (nSPS) is 13.7. The molecule has 1 aromatic heterocycles. The van der Waals surface area contributed by atoms with Crippen molar-refractivity contribution in [2.45, 2.75) is 51.4 Å². The number of nitrogens with zero attached hydrogens (tertiary/aromatic N) is 1. The summed E-state index contributed by atoms with van der Waals surface area (Å²) in [6, 6.07) is 31.1. The number of nitrogens with two attached hydrogens (primary N) is 1. The van der Waals surface area contributed by atoms with Crippen LogP contribution in [0.5, 0.6) is 0 Å². The van der Waals surface area contributed by atoms with Gasteiger partial charge in [0.2, 0.25) is 0 Å². The van der Waals surface area contributed by atoms with Crippen molar-refractivity contribution in [3.63, 3.8) is 0 Å². The third kappa shape index (κ3) is 6.21. The van der Waals surface area contributed by atoms with E-state index in [2.05, 4.69) is 0 Å². The van der Waals surface area contributed by atoms with Crippen LogP contribution in [0.15, 0.2) is 109 Å². The molecule has 4 aromatic carbocycles. The zero-order chi connectivity index (χ0) is 30.8. The Morgan fingerprint density at radius 1 is 0.814 bits per heavy atom. The Labute approximate surface area is 257 Å². The van der Waals surface area contributed by atoms with Crippen LogP contribution in [0.3, 0.4) is 0 Å². The van der Waals surface area contributed by atoms with E-state index in [1.54, 1.807) is 12.3 Å². The van der Waals surface area contributed by atoms with Gasteiger partial charge in [0, 0.05) is 39.7 Å². The van der Waals surface area contributed by atoms with Crippen LogP contribution in [-0.4, -0.2) is 28.3 Å². The van der Waals surface area contributed by atoms with Gasteiger partial charge >= 0.3 is 12.1 Å². The van der Waals surface area contributed by atoms with Gasteiger partial charge in [-0.1, -0.05) is 108 Å². The van der Waals surface area contributed by atoms with Crippen LogP contribution in [0.2, 0.25) is 5.02 Å². The summed E-state index contributed by atoms with van der Waals surface area (Å²) in [5, 5.41) is 1.25. The smallest absolute Gasteiger partial charge is 0.419 e. The van der Waals surface area contributed by atoms with Crippen LogP contribution < -0.4 is 5.73 Å². The molecular formula is C36H35ClN2O4. The second-order valence-corrected chi connectivity index (χ2v) is 12.1. The van der Waals surface area contributed by atoms with Crippen molar-refractivity contribution in [3.8, 4) is 0 Å². The number of hydrogen-bond acceptors (Lipinski definition) is 5. The molecule has 7 heteroatoms. The van der Waals surface area contributed by atoms with Gasteiger partial charge in [0.05, 0.1) is 5.52 Å². The fourth-order valence-corrected chi connectivity index (χ4v) is 5.55. The van der Waals surface area contributed by atoms with Crippen molar-refractivity contribution in [3.05, 3.63) is 142 Å². The number of fused-ring (bicyclic) bond motifs is 1. The lowest BCUT2D eigenvalue weighted by atomic mass is 9.79. The number of carbonyl (C=O) groups excluding carboxylic acids is 2. The standard InChI is InChI=1S/C36H35ClN2O4/c1-24-18-20-27(21-19-24)36(26-12-6-5-7-13-26,29-15-9-10-16-30(29)37)42-33(40)31(38)22-25-23-39(34(41)43-35(2,3)4)32-17-11-8-14-28(25)32/h5-21,23,31H,22,38H2,1-4H3/t31-,36?/m0/s1. The average Bonchev–Trinajstić information content (AvgIpc) is 3.35. The zero-order valence-corrected chi connectivity index (χ0v) is 25.5. The van der Waals surface area contributed by atoms with Gasteiger partial charge in [0.1, 0.15) is 11.6 Å². The number of para-hydroxylation sites is 1. The molecule has 0 amide bonds. The van der Waals surface area contributed by atoms with Crippen molar-refractivity contribution in [1.29, 1.82) is 0 Å². The molecule has 2 atom stereocenters. The SMILES string of the molecule is Cc1ccc(C(OC(=O)[C@@H](N)Cc2cn(C(=O)OC(C)(C)C)c3ccccc23)(c2ccccc2)c2ccccc2Cl)cc1. The summed E-state index contributed by atoms with van der Waals surface area (Å²) < 4.78 is 13.6. The maximum Gasteiger partial charge on any atom is 0.419 e. The van der Waals surface area contributed by atoms with Gasteiger partial charge in [0.25, 0.3) is 0 Å². The molecule has 0 bridgehead atoms. The second-order valence-electron chi connectivity index (χ2n) is 11.6. The van der Waals surface area contributed by atoms with Crippen molar-refractivity contribution in [2.75, 3.05) is 0 Å². The molecule has 1 unspecified atom stereocenters. The van der Waals surface area contributed by atoms with Crippen LogP contribution in [0, 0.1) is 6.92 Å². The van der Waals surface area contributed by atoms with E-state index in [-0.39, 0.29) is 6.42 Å². The average molecular weight is 595 g/mol. The van der Waals surface area contributed by atoms with E-state index >= 15 is 0 Å². The Kier molecular flexibility index (Phi) is 8.45. The van der Waals surface area contributed by atoms with Crippen LogP contribution in [0.4, 0.5) is 4.79 Å². The van der Waals surface area contributed by atoms with Crippen molar-refractivity contribution in [1.82, 2.24) is 4.57 Å². The molecule has 0 aliphatic heterocycles. The topological polar surface area (TPSA) is 83.5 Å². The summed E-state index contributed by atoms with van der Waals surface area (Å²) in [6.45, 7) is 7.44. The van der Waals surface area contributed by atoms with E-state index in [1.807, 2.05) is 125 Å². The molecule has 0 saturated carbocycles. The number of aromatic nitrogens is 1. The Balaban J connectivity index is 1.56. The van der Waals surface area contributed by atoms with Crippen LogP contribution in [-0.2, 0) is 26.3 Å². The predicted octanol–water partition coefficient (Wildman–Crippen LogP) is 7.79. The first-order valence-electron chi connectivity index (χ1n) is 14.2. The number of aryl methyl sites for hydroxylation is 1. The molecule has 220 valence electrons. The molecule has 5 aromatic rings. The molecule has 0 radical (unpaired) electrons. The molecule has 0 aliphatic carbocycles. The highest BCUT2D eigenvalue weighted by Crippen LogP contribution is 2.44. The minimum atomic E-state index is -1.37. The summed E-state index contributed by atoms with van der Waals surface area (Å²) in [4.78, 5) is 27.1. The number of benzene rings is 4. The van der Waals surface area contributed by atoms with E-state index in [0.29, 0.717) is 16.1 Å². The van der Waals surface area contributed by atoms with E-state index in [1.165, 1.54) is 4.57 Å². The summed E-state index contributed by atoms with van der Waals surface area (Å²) in [7, 11) is 0. The number of hydrogen-bond donors (Lipinski definition) is 1. The summed E-state index contributed by atoms with van der Waals surface area (Å²) in [5.74, 6) is -0.613. The van der Waals surface area contributed by atoms with Gasteiger partial charge in [-0.3, -0.25) is 9.36 Å². The minimum absolute atomic E-state index is 0.135. The summed E-state index contributed by atoms with van der Waals surface area (Å²) in [5.41, 5.74) is 9.11. The largest absolute Gasteiger partial charge is 0.443 e. The second kappa shape index (κ2) is 12.1. The zero-order valence-electron chi connectivity index (χ0n) is 24.7. The molecule has 0 spiro atoms. The fourth-order valence-electron chi connectivity index (χ4n) is 5.28. The van der Waals surface area contributed by atoms with Crippen LogP contribution in [0.25, 0.3) is 10.9 Å². The van der Waals surface area contributed by atoms with E-state index in [0.717, 1.165) is 27.6 Å². The highest BCUT2D eigenvalue weighted by Gasteiger charge is 2.43. The molecule has 43 heavy (non-hydrogen) atoms. The molecule has 0 saturated heterocycles. The first-order chi connectivity index (χ1) is 20.5. The molecule has 1 heterocycles. The van der Waals surface area contributed by atoms with Gasteiger partial charge in [-0.25, -0.2) is 4.79 Å². The highest BCUT2D eigenvalue weighted by atomic mass is 35.5. The lowest BCUT2D eigenvalue weighted by Gasteiger charge is -2.36. The van der Waals surface area contributed by atoms with Crippen LogP contribution in [0.1, 0.15) is 48.6 Å². The van der Waals surface area contributed by atoms with E-state index in [9.17, 15) is 9.59 Å². The molecule has 0 aliphatic rings. The van der Waals surface area contributed by atoms with Gasteiger partial charge in [-0.15, -0.1) is 0 Å². The number of halogens is 1. The monoisotopic (exact) mass is 594 g/mol. The highest BCUT2D eigenvalue weighted by molar-refractivity contribution is 6.31. The molecule has 5 rings (SSSR count). The minimum Gasteiger partial charge on any atom is -0.443 e. The third-order valence-electron chi connectivity index (χ3n) is 7.27.